The predicted octanol–water partition coefficient (Wildman–Crippen LogP) is 2.27. The summed E-state index contributed by atoms with van der Waals surface area (Å²) in [5.41, 5.74) is 2.07. The molecule has 1 unspecified atom stereocenters. The fraction of sp³-hybridized carbons (Fsp3) is 0.235. The Morgan fingerprint density at radius 3 is 2.38 bits per heavy atom. The van der Waals surface area contributed by atoms with Crippen molar-refractivity contribution in [3.05, 3.63) is 65.7 Å². The van der Waals surface area contributed by atoms with E-state index in [0.29, 0.717) is 13.0 Å². The van der Waals surface area contributed by atoms with Gasteiger partial charge in [-0.3, -0.25) is 4.79 Å². The predicted molar refractivity (Wildman–Crippen MR) is 80.9 cm³/mol. The number of phenols is 1. The van der Waals surface area contributed by atoms with Gasteiger partial charge in [0.25, 0.3) is 0 Å². The van der Waals surface area contributed by atoms with Crippen molar-refractivity contribution < 1.29 is 14.6 Å². The topological polar surface area (TPSA) is 58.6 Å². The summed E-state index contributed by atoms with van der Waals surface area (Å²) in [5.74, 6) is -0.0508. The van der Waals surface area contributed by atoms with Gasteiger partial charge in [0.15, 0.2) is 0 Å². The largest absolute Gasteiger partial charge is 0.508 e. The molecule has 21 heavy (non-hydrogen) atoms. The molecule has 0 aliphatic carbocycles. The van der Waals surface area contributed by atoms with Crippen molar-refractivity contribution in [2.75, 3.05) is 7.11 Å². The maximum Gasteiger partial charge on any atom is 0.323 e. The third kappa shape index (κ3) is 4.61. The molecule has 2 aromatic carbocycles. The van der Waals surface area contributed by atoms with Crippen LogP contribution < -0.4 is 5.32 Å². The number of phenolic OH excluding ortho intramolecular Hbond substituents is 1. The molecule has 0 saturated heterocycles. The van der Waals surface area contributed by atoms with Crippen LogP contribution in [0.1, 0.15) is 11.1 Å². The Bertz CT molecular complexity index is 566. The zero-order chi connectivity index (χ0) is 15.1. The summed E-state index contributed by atoms with van der Waals surface area (Å²) in [6.07, 6.45) is 0.575. The minimum Gasteiger partial charge on any atom is -0.508 e. The lowest BCUT2D eigenvalue weighted by Gasteiger charge is -2.16. The molecule has 0 radical (unpaired) electrons. The molecule has 0 aliphatic heterocycles. The maximum atomic E-state index is 11.9. The number of nitrogens with one attached hydrogen (secondary N) is 1. The van der Waals surface area contributed by atoms with Gasteiger partial charge in [-0.25, -0.2) is 0 Å². The van der Waals surface area contributed by atoms with E-state index in [2.05, 4.69) is 5.32 Å². The number of carbonyl (C=O) groups is 1. The monoisotopic (exact) mass is 285 g/mol. The number of methoxy groups -OCH3 is 1. The van der Waals surface area contributed by atoms with E-state index in [-0.39, 0.29) is 11.7 Å². The van der Waals surface area contributed by atoms with Crippen molar-refractivity contribution in [3.63, 3.8) is 0 Å². The molecule has 2 N–H and O–H groups in total. The van der Waals surface area contributed by atoms with E-state index >= 15 is 0 Å². The summed E-state index contributed by atoms with van der Waals surface area (Å²) in [6.45, 7) is 0.535. The highest BCUT2D eigenvalue weighted by Crippen LogP contribution is 2.10. The SMILES string of the molecule is COC(=O)C(Cc1ccccc1)NCc1ccc(O)cc1. The Morgan fingerprint density at radius 2 is 1.76 bits per heavy atom. The van der Waals surface area contributed by atoms with E-state index in [1.807, 2.05) is 42.5 Å². The molecular weight excluding hydrogens is 266 g/mol. The zero-order valence-electron chi connectivity index (χ0n) is 12.0. The van der Waals surface area contributed by atoms with Gasteiger partial charge in [-0.1, -0.05) is 42.5 Å². The van der Waals surface area contributed by atoms with Crippen LogP contribution in [0.5, 0.6) is 5.75 Å². The van der Waals surface area contributed by atoms with Gasteiger partial charge in [0.2, 0.25) is 0 Å². The molecule has 2 aromatic rings. The third-order valence-corrected chi connectivity index (χ3v) is 3.26. The van der Waals surface area contributed by atoms with Crippen LogP contribution >= 0.6 is 0 Å². The Balaban J connectivity index is 1.99. The first-order chi connectivity index (χ1) is 10.2. The van der Waals surface area contributed by atoms with Crippen molar-refractivity contribution >= 4 is 5.97 Å². The second-order valence-electron chi connectivity index (χ2n) is 4.81. The van der Waals surface area contributed by atoms with Gasteiger partial charge >= 0.3 is 5.97 Å². The van der Waals surface area contributed by atoms with Crippen LogP contribution in [0.4, 0.5) is 0 Å². The van der Waals surface area contributed by atoms with Gasteiger partial charge in [-0.05, 0) is 29.7 Å². The number of rotatable bonds is 6. The van der Waals surface area contributed by atoms with Gasteiger partial charge in [0.05, 0.1) is 7.11 Å². The first-order valence-electron chi connectivity index (χ1n) is 6.82. The Hall–Kier alpha value is -2.33. The molecule has 0 heterocycles. The molecule has 4 nitrogen and oxygen atoms in total. The molecule has 0 amide bonds. The second kappa shape index (κ2) is 7.45. The molecule has 110 valence electrons. The Kier molecular flexibility index (Phi) is 5.35. The van der Waals surface area contributed by atoms with E-state index in [9.17, 15) is 9.90 Å². The number of aromatic hydroxyl groups is 1. The molecule has 0 saturated carbocycles. The van der Waals surface area contributed by atoms with Crippen molar-refractivity contribution in [2.24, 2.45) is 0 Å². The van der Waals surface area contributed by atoms with Crippen LogP contribution in [-0.2, 0) is 22.5 Å². The molecule has 2 rings (SSSR count). The lowest BCUT2D eigenvalue weighted by Crippen LogP contribution is -2.39. The van der Waals surface area contributed by atoms with E-state index < -0.39 is 6.04 Å². The molecule has 4 heteroatoms. The number of benzene rings is 2. The van der Waals surface area contributed by atoms with Crippen LogP contribution in [0.2, 0.25) is 0 Å². The fourth-order valence-electron chi connectivity index (χ4n) is 2.09. The first-order valence-corrected chi connectivity index (χ1v) is 6.82. The Labute approximate surface area is 124 Å². The fourth-order valence-corrected chi connectivity index (χ4v) is 2.09. The normalized spacial score (nSPS) is 11.9. The van der Waals surface area contributed by atoms with Crippen molar-refractivity contribution in [1.29, 1.82) is 0 Å². The van der Waals surface area contributed by atoms with E-state index in [1.54, 1.807) is 12.1 Å². The lowest BCUT2D eigenvalue weighted by molar-refractivity contribution is -0.143. The number of hydrogen-bond acceptors (Lipinski definition) is 4. The van der Waals surface area contributed by atoms with Crippen LogP contribution in [0.3, 0.4) is 0 Å². The smallest absolute Gasteiger partial charge is 0.323 e. The highest BCUT2D eigenvalue weighted by Gasteiger charge is 2.18. The average Bonchev–Trinajstić information content (AvgIpc) is 2.53. The summed E-state index contributed by atoms with van der Waals surface area (Å²) in [4.78, 5) is 11.9. The van der Waals surface area contributed by atoms with Crippen LogP contribution in [0.15, 0.2) is 54.6 Å². The number of ether oxygens (including phenoxy) is 1. The van der Waals surface area contributed by atoms with Crippen LogP contribution in [0, 0.1) is 0 Å². The van der Waals surface area contributed by atoms with E-state index in [0.717, 1.165) is 11.1 Å². The molecule has 0 bridgehead atoms. The highest BCUT2D eigenvalue weighted by molar-refractivity contribution is 5.76. The van der Waals surface area contributed by atoms with Gasteiger partial charge in [0, 0.05) is 6.54 Å². The minimum absolute atomic E-state index is 0.229. The average molecular weight is 285 g/mol. The van der Waals surface area contributed by atoms with Gasteiger partial charge in [-0.15, -0.1) is 0 Å². The van der Waals surface area contributed by atoms with E-state index in [4.69, 9.17) is 4.74 Å². The molecule has 0 fully saturated rings. The molecule has 0 spiro atoms. The van der Waals surface area contributed by atoms with Crippen molar-refractivity contribution in [3.8, 4) is 5.75 Å². The zero-order valence-corrected chi connectivity index (χ0v) is 12.0. The van der Waals surface area contributed by atoms with Crippen LogP contribution in [0.25, 0.3) is 0 Å². The Morgan fingerprint density at radius 1 is 1.10 bits per heavy atom. The summed E-state index contributed by atoms with van der Waals surface area (Å²) in [7, 11) is 1.39. The number of carbonyl (C=O) groups excluding carboxylic acids is 1. The summed E-state index contributed by atoms with van der Waals surface area (Å²) < 4.78 is 4.85. The minimum atomic E-state index is -0.397. The molecular formula is C17H19NO3. The molecule has 1 atom stereocenters. The van der Waals surface area contributed by atoms with Crippen LogP contribution in [-0.4, -0.2) is 24.2 Å². The first kappa shape index (κ1) is 15.1. The molecule has 0 aromatic heterocycles. The lowest BCUT2D eigenvalue weighted by atomic mass is 10.1. The maximum absolute atomic E-state index is 11.9. The number of esters is 1. The summed E-state index contributed by atoms with van der Waals surface area (Å²) >= 11 is 0. The highest BCUT2D eigenvalue weighted by atomic mass is 16.5. The summed E-state index contributed by atoms with van der Waals surface area (Å²) in [5, 5.41) is 12.5. The van der Waals surface area contributed by atoms with Gasteiger partial charge in [0.1, 0.15) is 11.8 Å². The van der Waals surface area contributed by atoms with Gasteiger partial charge in [-0.2, -0.15) is 0 Å². The molecule has 0 aliphatic rings. The quantitative estimate of drug-likeness (QED) is 0.799. The van der Waals surface area contributed by atoms with Crippen molar-refractivity contribution in [1.82, 2.24) is 5.32 Å². The van der Waals surface area contributed by atoms with Crippen molar-refractivity contribution in [2.45, 2.75) is 19.0 Å². The third-order valence-electron chi connectivity index (χ3n) is 3.26. The van der Waals surface area contributed by atoms with Gasteiger partial charge < -0.3 is 15.2 Å². The van der Waals surface area contributed by atoms with E-state index in [1.165, 1.54) is 7.11 Å². The second-order valence-corrected chi connectivity index (χ2v) is 4.81. The number of hydrogen-bond donors (Lipinski definition) is 2. The standard InChI is InChI=1S/C17H19NO3/c1-21-17(20)16(11-13-5-3-2-4-6-13)18-12-14-7-9-15(19)10-8-14/h2-10,16,18-19H,11-12H2,1H3. The summed E-state index contributed by atoms with van der Waals surface area (Å²) in [6, 6.07) is 16.3.